The van der Waals surface area contributed by atoms with Gasteiger partial charge in [-0.1, -0.05) is 24.3 Å². The molecule has 0 saturated carbocycles. The molecule has 0 aromatic carbocycles. The molecule has 58 valence electrons. The summed E-state index contributed by atoms with van der Waals surface area (Å²) in [5.41, 5.74) is 2.67. The Morgan fingerprint density at radius 3 is 3.25 bits per heavy atom. The summed E-state index contributed by atoms with van der Waals surface area (Å²) in [5, 5.41) is 0. The van der Waals surface area contributed by atoms with Crippen LogP contribution >= 0.6 is 11.3 Å². The van der Waals surface area contributed by atoms with E-state index in [0.717, 1.165) is 6.54 Å². The Balaban J connectivity index is 2.51. The SMILES string of the molecule is C1=Cc2c3c(sc2=C1)=NCC=C3. The monoisotopic (exact) mass is 173 g/mol. The van der Waals surface area contributed by atoms with E-state index in [1.807, 2.05) is 0 Å². The van der Waals surface area contributed by atoms with Crippen LogP contribution in [0.2, 0.25) is 0 Å². The average molecular weight is 173 g/mol. The number of hydrogen-bond acceptors (Lipinski definition) is 2. The van der Waals surface area contributed by atoms with Crippen LogP contribution in [0, 0.1) is 0 Å². The third-order valence-electron chi connectivity index (χ3n) is 2.13. The molecule has 1 nitrogen and oxygen atoms in total. The molecule has 0 unspecified atom stereocenters. The summed E-state index contributed by atoms with van der Waals surface area (Å²) in [6.07, 6.45) is 10.7. The molecule has 2 heterocycles. The Morgan fingerprint density at radius 1 is 1.25 bits per heavy atom. The molecule has 1 aliphatic heterocycles. The van der Waals surface area contributed by atoms with Gasteiger partial charge in [0.1, 0.15) is 4.67 Å². The second-order valence-electron chi connectivity index (χ2n) is 2.87. The van der Waals surface area contributed by atoms with Crippen LogP contribution in [-0.4, -0.2) is 6.54 Å². The summed E-state index contributed by atoms with van der Waals surface area (Å²) in [4.78, 5) is 4.43. The van der Waals surface area contributed by atoms with Gasteiger partial charge in [0.15, 0.2) is 0 Å². The molecule has 0 spiro atoms. The first-order valence-corrected chi connectivity index (χ1v) is 4.79. The predicted molar refractivity (Wildman–Crippen MR) is 52.5 cm³/mol. The van der Waals surface area contributed by atoms with Crippen LogP contribution in [0.5, 0.6) is 0 Å². The maximum absolute atomic E-state index is 4.43. The van der Waals surface area contributed by atoms with Gasteiger partial charge >= 0.3 is 0 Å². The minimum absolute atomic E-state index is 0.843. The number of fused-ring (bicyclic) bond motifs is 3. The van der Waals surface area contributed by atoms with Crippen molar-refractivity contribution >= 4 is 29.6 Å². The van der Waals surface area contributed by atoms with Crippen molar-refractivity contribution in [3.05, 3.63) is 32.5 Å². The molecule has 3 rings (SSSR count). The lowest BCUT2D eigenvalue weighted by Gasteiger charge is -1.95. The highest BCUT2D eigenvalue weighted by atomic mass is 32.1. The van der Waals surface area contributed by atoms with Gasteiger partial charge in [0, 0.05) is 15.7 Å². The Kier molecular flexibility index (Phi) is 1.15. The fourth-order valence-corrected chi connectivity index (χ4v) is 2.64. The van der Waals surface area contributed by atoms with Crippen LogP contribution in [0.3, 0.4) is 0 Å². The summed E-state index contributed by atoms with van der Waals surface area (Å²) < 4.78 is 2.55. The first-order chi connectivity index (χ1) is 5.95. The summed E-state index contributed by atoms with van der Waals surface area (Å²) in [6, 6.07) is 0. The van der Waals surface area contributed by atoms with Crippen LogP contribution in [0.1, 0.15) is 11.1 Å². The normalized spacial score (nSPS) is 16.7. The lowest BCUT2D eigenvalue weighted by molar-refractivity contribution is 1.16. The zero-order valence-electron chi connectivity index (χ0n) is 6.45. The molecule has 0 bridgehead atoms. The van der Waals surface area contributed by atoms with Gasteiger partial charge in [-0.05, 0) is 6.08 Å². The summed E-state index contributed by atoms with van der Waals surface area (Å²) in [5.74, 6) is 0. The number of nitrogens with zero attached hydrogens (tertiary/aromatic N) is 1. The number of allylic oxidation sites excluding steroid dienone is 1. The zero-order valence-corrected chi connectivity index (χ0v) is 7.27. The van der Waals surface area contributed by atoms with Crippen LogP contribution in [0.15, 0.2) is 17.1 Å². The van der Waals surface area contributed by atoms with Gasteiger partial charge in [0.2, 0.25) is 0 Å². The van der Waals surface area contributed by atoms with E-state index in [1.54, 1.807) is 11.3 Å². The number of rotatable bonds is 0. The van der Waals surface area contributed by atoms with Crippen molar-refractivity contribution in [2.45, 2.75) is 0 Å². The molecule has 0 radical (unpaired) electrons. The van der Waals surface area contributed by atoms with E-state index in [9.17, 15) is 0 Å². The fraction of sp³-hybridized carbons (Fsp3) is 0.100. The Morgan fingerprint density at radius 2 is 2.25 bits per heavy atom. The smallest absolute Gasteiger partial charge is 0.119 e. The van der Waals surface area contributed by atoms with Crippen LogP contribution in [0.4, 0.5) is 0 Å². The maximum Gasteiger partial charge on any atom is 0.119 e. The summed E-state index contributed by atoms with van der Waals surface area (Å²) in [6.45, 7) is 0.843. The Labute approximate surface area is 74.1 Å². The first kappa shape index (κ1) is 6.38. The number of hydrogen-bond donors (Lipinski definition) is 0. The summed E-state index contributed by atoms with van der Waals surface area (Å²) >= 11 is 1.79. The molecule has 0 N–H and O–H groups in total. The molecule has 1 aliphatic carbocycles. The van der Waals surface area contributed by atoms with E-state index in [4.69, 9.17) is 0 Å². The van der Waals surface area contributed by atoms with Crippen molar-refractivity contribution in [3.63, 3.8) is 0 Å². The van der Waals surface area contributed by atoms with Crippen molar-refractivity contribution in [1.82, 2.24) is 0 Å². The lowest BCUT2D eigenvalue weighted by atomic mass is 10.1. The van der Waals surface area contributed by atoms with Gasteiger partial charge in [-0.25, -0.2) is 0 Å². The lowest BCUT2D eigenvalue weighted by Crippen LogP contribution is -2.03. The Hall–Kier alpha value is -1.15. The quantitative estimate of drug-likeness (QED) is 0.559. The van der Waals surface area contributed by atoms with Crippen molar-refractivity contribution in [2.75, 3.05) is 6.54 Å². The third kappa shape index (κ3) is 0.703. The topological polar surface area (TPSA) is 12.4 Å². The molecule has 2 aliphatic rings. The second kappa shape index (κ2) is 2.17. The molecule has 0 amide bonds. The van der Waals surface area contributed by atoms with Crippen LogP contribution in [0.25, 0.3) is 18.2 Å². The average Bonchev–Trinajstić information content (AvgIpc) is 2.62. The van der Waals surface area contributed by atoms with Crippen LogP contribution in [-0.2, 0) is 0 Å². The number of thiophene rings is 1. The van der Waals surface area contributed by atoms with Gasteiger partial charge in [-0.3, -0.25) is 4.99 Å². The van der Waals surface area contributed by atoms with Gasteiger partial charge in [0.25, 0.3) is 0 Å². The van der Waals surface area contributed by atoms with Crippen LogP contribution < -0.4 is 9.20 Å². The molecule has 0 saturated heterocycles. The van der Waals surface area contributed by atoms with E-state index in [1.165, 1.54) is 20.3 Å². The third-order valence-corrected chi connectivity index (χ3v) is 3.25. The highest BCUT2D eigenvalue weighted by molar-refractivity contribution is 7.07. The zero-order chi connectivity index (χ0) is 7.97. The molecular weight excluding hydrogens is 166 g/mol. The van der Waals surface area contributed by atoms with Gasteiger partial charge in [0.05, 0.1) is 6.54 Å². The van der Waals surface area contributed by atoms with Gasteiger partial charge in [-0.2, -0.15) is 0 Å². The predicted octanol–water partition coefficient (Wildman–Crippen LogP) is 1.20. The van der Waals surface area contributed by atoms with Crippen molar-refractivity contribution in [3.8, 4) is 0 Å². The van der Waals surface area contributed by atoms with Crippen molar-refractivity contribution in [1.29, 1.82) is 0 Å². The molecule has 0 fully saturated rings. The van der Waals surface area contributed by atoms with Crippen molar-refractivity contribution < 1.29 is 0 Å². The first-order valence-electron chi connectivity index (χ1n) is 3.97. The van der Waals surface area contributed by atoms with E-state index in [0.29, 0.717) is 0 Å². The molecule has 12 heavy (non-hydrogen) atoms. The van der Waals surface area contributed by atoms with E-state index < -0.39 is 0 Å². The molecule has 2 heteroatoms. The van der Waals surface area contributed by atoms with E-state index >= 15 is 0 Å². The minimum atomic E-state index is 0.843. The Bertz CT molecular complexity index is 503. The maximum atomic E-state index is 4.43. The van der Waals surface area contributed by atoms with E-state index in [-0.39, 0.29) is 0 Å². The minimum Gasteiger partial charge on any atom is -0.270 e. The highest BCUT2D eigenvalue weighted by Crippen LogP contribution is 2.13. The molecule has 0 atom stereocenters. The highest BCUT2D eigenvalue weighted by Gasteiger charge is 2.09. The largest absolute Gasteiger partial charge is 0.270 e. The van der Waals surface area contributed by atoms with Crippen molar-refractivity contribution in [2.24, 2.45) is 4.99 Å². The molecular formula is C10H7NS. The standard InChI is InChI=1S/C10H7NS/c1-3-7-8-4-2-6-11-10(8)12-9(7)5-1/h1-5H,6H2. The molecule has 1 aromatic heterocycles. The van der Waals surface area contributed by atoms with E-state index in [2.05, 4.69) is 35.4 Å². The van der Waals surface area contributed by atoms with Gasteiger partial charge in [-0.15, -0.1) is 11.3 Å². The van der Waals surface area contributed by atoms with Gasteiger partial charge < -0.3 is 0 Å². The fourth-order valence-electron chi connectivity index (χ4n) is 1.57. The second-order valence-corrected chi connectivity index (χ2v) is 3.90. The molecule has 1 aromatic rings. The summed E-state index contributed by atoms with van der Waals surface area (Å²) in [7, 11) is 0.